The highest BCUT2D eigenvalue weighted by Crippen LogP contribution is 2.27. The van der Waals surface area contributed by atoms with Crippen LogP contribution in [0.2, 0.25) is 0 Å². The van der Waals surface area contributed by atoms with Crippen LogP contribution < -0.4 is 5.73 Å². The minimum Gasteiger partial charge on any atom is -0.330 e. The van der Waals surface area contributed by atoms with Gasteiger partial charge >= 0.3 is 0 Å². The van der Waals surface area contributed by atoms with Crippen LogP contribution in [0.3, 0.4) is 0 Å². The Hall–Kier alpha value is -0.830. The molecule has 1 saturated carbocycles. The van der Waals surface area contributed by atoms with Gasteiger partial charge in [-0.25, -0.2) is 0 Å². The summed E-state index contributed by atoms with van der Waals surface area (Å²) in [5.41, 5.74) is 7.11. The van der Waals surface area contributed by atoms with Gasteiger partial charge in [0.2, 0.25) is 0 Å². The molecule has 3 nitrogen and oxygen atoms in total. The van der Waals surface area contributed by atoms with Crippen molar-refractivity contribution in [2.75, 3.05) is 6.54 Å². The second-order valence-corrected chi connectivity index (χ2v) is 6.51. The summed E-state index contributed by atoms with van der Waals surface area (Å²) >= 11 is 0. The summed E-state index contributed by atoms with van der Waals surface area (Å²) in [6.45, 7) is 5.31. The number of rotatable bonds is 6. The van der Waals surface area contributed by atoms with Gasteiger partial charge in [-0.15, -0.1) is 0 Å². The Labute approximate surface area is 117 Å². The molecule has 3 heteroatoms. The van der Waals surface area contributed by atoms with E-state index in [9.17, 15) is 0 Å². The van der Waals surface area contributed by atoms with E-state index in [-0.39, 0.29) is 0 Å². The molecule has 1 aliphatic rings. The van der Waals surface area contributed by atoms with E-state index in [0.29, 0.717) is 17.9 Å². The maximum Gasteiger partial charge on any atom is 0.0627 e. The Morgan fingerprint density at radius 2 is 2.05 bits per heavy atom. The molecule has 0 bridgehead atoms. The Balaban J connectivity index is 1.92. The first kappa shape index (κ1) is 14.6. The zero-order chi connectivity index (χ0) is 13.7. The van der Waals surface area contributed by atoms with E-state index in [4.69, 9.17) is 10.8 Å². The molecule has 1 aromatic rings. The first-order valence-electron chi connectivity index (χ1n) is 7.93. The number of hydrogen-bond acceptors (Lipinski definition) is 2. The van der Waals surface area contributed by atoms with E-state index in [2.05, 4.69) is 30.8 Å². The maximum absolute atomic E-state index is 5.88. The Morgan fingerprint density at radius 3 is 2.68 bits per heavy atom. The van der Waals surface area contributed by atoms with Crippen LogP contribution in [0.4, 0.5) is 0 Å². The zero-order valence-corrected chi connectivity index (χ0v) is 12.5. The van der Waals surface area contributed by atoms with Gasteiger partial charge in [0.25, 0.3) is 0 Å². The molecule has 108 valence electrons. The monoisotopic (exact) mass is 263 g/mol. The van der Waals surface area contributed by atoms with Crippen LogP contribution in [0.25, 0.3) is 0 Å². The standard InChI is InChI=1S/C16H29N3/c1-13(2)10-14(12-17)11-15-8-9-19(18-15)16-6-4-3-5-7-16/h8-9,13-14,16H,3-7,10-12,17H2,1-2H3. The number of aromatic nitrogens is 2. The minimum absolute atomic E-state index is 0.578. The summed E-state index contributed by atoms with van der Waals surface area (Å²) in [6, 6.07) is 2.83. The highest BCUT2D eigenvalue weighted by molar-refractivity contribution is 5.01. The van der Waals surface area contributed by atoms with E-state index >= 15 is 0 Å². The zero-order valence-electron chi connectivity index (χ0n) is 12.5. The second kappa shape index (κ2) is 7.09. The van der Waals surface area contributed by atoms with Gasteiger partial charge in [-0.3, -0.25) is 4.68 Å². The fourth-order valence-electron chi connectivity index (χ4n) is 3.26. The van der Waals surface area contributed by atoms with Crippen LogP contribution >= 0.6 is 0 Å². The van der Waals surface area contributed by atoms with Gasteiger partial charge in [0.1, 0.15) is 0 Å². The van der Waals surface area contributed by atoms with Crippen LogP contribution in [-0.4, -0.2) is 16.3 Å². The third-order valence-electron chi connectivity index (χ3n) is 4.25. The van der Waals surface area contributed by atoms with Crippen LogP contribution in [0.15, 0.2) is 12.3 Å². The molecule has 1 fully saturated rings. The quantitative estimate of drug-likeness (QED) is 0.853. The molecule has 0 aliphatic heterocycles. The fourth-order valence-corrected chi connectivity index (χ4v) is 3.26. The van der Waals surface area contributed by atoms with Gasteiger partial charge in [0, 0.05) is 6.20 Å². The van der Waals surface area contributed by atoms with Gasteiger partial charge in [-0.1, -0.05) is 33.1 Å². The van der Waals surface area contributed by atoms with E-state index < -0.39 is 0 Å². The molecular formula is C16H29N3. The van der Waals surface area contributed by atoms with Crippen LogP contribution in [0, 0.1) is 11.8 Å². The highest BCUT2D eigenvalue weighted by Gasteiger charge is 2.17. The molecule has 2 rings (SSSR count). The molecule has 0 aromatic carbocycles. The third-order valence-corrected chi connectivity index (χ3v) is 4.25. The van der Waals surface area contributed by atoms with Gasteiger partial charge < -0.3 is 5.73 Å². The topological polar surface area (TPSA) is 43.8 Å². The summed E-state index contributed by atoms with van der Waals surface area (Å²) in [5, 5.41) is 4.79. The molecule has 1 heterocycles. The average molecular weight is 263 g/mol. The average Bonchev–Trinajstić information content (AvgIpc) is 2.87. The predicted octanol–water partition coefficient (Wildman–Crippen LogP) is 3.55. The predicted molar refractivity (Wildman–Crippen MR) is 80.1 cm³/mol. The molecule has 2 N–H and O–H groups in total. The van der Waals surface area contributed by atoms with Crippen molar-refractivity contribution in [3.05, 3.63) is 18.0 Å². The van der Waals surface area contributed by atoms with Crippen molar-refractivity contribution in [3.63, 3.8) is 0 Å². The summed E-state index contributed by atoms with van der Waals surface area (Å²) in [7, 11) is 0. The summed E-state index contributed by atoms with van der Waals surface area (Å²) in [5.74, 6) is 1.30. The van der Waals surface area contributed by atoms with E-state index in [1.165, 1.54) is 44.2 Å². The molecule has 1 unspecified atom stereocenters. The summed E-state index contributed by atoms with van der Waals surface area (Å²) < 4.78 is 2.21. The number of nitrogens with zero attached hydrogens (tertiary/aromatic N) is 2. The Bertz CT molecular complexity index is 364. The molecule has 0 radical (unpaired) electrons. The lowest BCUT2D eigenvalue weighted by Crippen LogP contribution is -2.19. The fraction of sp³-hybridized carbons (Fsp3) is 0.812. The first-order valence-corrected chi connectivity index (χ1v) is 7.93. The smallest absolute Gasteiger partial charge is 0.0627 e. The van der Waals surface area contributed by atoms with E-state index in [0.717, 1.165) is 13.0 Å². The van der Waals surface area contributed by atoms with E-state index in [1.807, 2.05) is 0 Å². The lowest BCUT2D eigenvalue weighted by Gasteiger charge is -2.22. The van der Waals surface area contributed by atoms with Crippen LogP contribution in [0.1, 0.15) is 64.1 Å². The molecule has 0 amide bonds. The van der Waals surface area contributed by atoms with Crippen molar-refractivity contribution in [1.82, 2.24) is 9.78 Å². The maximum atomic E-state index is 5.88. The molecule has 0 saturated heterocycles. The molecule has 1 atom stereocenters. The van der Waals surface area contributed by atoms with Crippen LogP contribution in [-0.2, 0) is 6.42 Å². The van der Waals surface area contributed by atoms with Gasteiger partial charge in [0.05, 0.1) is 11.7 Å². The van der Waals surface area contributed by atoms with Crippen molar-refractivity contribution in [2.45, 2.75) is 64.8 Å². The van der Waals surface area contributed by atoms with Gasteiger partial charge in [-0.2, -0.15) is 5.10 Å². The SMILES string of the molecule is CC(C)CC(CN)Cc1ccn(C2CCCCC2)n1. The molecule has 19 heavy (non-hydrogen) atoms. The Kier molecular flexibility index (Phi) is 5.44. The summed E-state index contributed by atoms with van der Waals surface area (Å²) in [6.07, 6.45) is 11.1. The largest absolute Gasteiger partial charge is 0.330 e. The second-order valence-electron chi connectivity index (χ2n) is 6.51. The van der Waals surface area contributed by atoms with Crippen molar-refractivity contribution < 1.29 is 0 Å². The number of hydrogen-bond donors (Lipinski definition) is 1. The molecular weight excluding hydrogens is 234 g/mol. The van der Waals surface area contributed by atoms with Gasteiger partial charge in [-0.05, 0) is 50.1 Å². The lowest BCUT2D eigenvalue weighted by molar-refractivity contribution is 0.326. The molecule has 1 aliphatic carbocycles. The first-order chi connectivity index (χ1) is 9.19. The van der Waals surface area contributed by atoms with E-state index in [1.54, 1.807) is 0 Å². The Morgan fingerprint density at radius 1 is 1.32 bits per heavy atom. The minimum atomic E-state index is 0.578. The third kappa shape index (κ3) is 4.34. The van der Waals surface area contributed by atoms with Crippen molar-refractivity contribution in [2.24, 2.45) is 17.6 Å². The highest BCUT2D eigenvalue weighted by atomic mass is 15.3. The summed E-state index contributed by atoms with van der Waals surface area (Å²) in [4.78, 5) is 0. The number of nitrogens with two attached hydrogens (primary N) is 1. The van der Waals surface area contributed by atoms with Crippen molar-refractivity contribution in [3.8, 4) is 0 Å². The normalized spacial score (nSPS) is 18.9. The molecule has 0 spiro atoms. The lowest BCUT2D eigenvalue weighted by atomic mass is 9.93. The van der Waals surface area contributed by atoms with Crippen LogP contribution in [0.5, 0.6) is 0 Å². The van der Waals surface area contributed by atoms with Crippen molar-refractivity contribution in [1.29, 1.82) is 0 Å². The molecule has 1 aromatic heterocycles. The van der Waals surface area contributed by atoms with Gasteiger partial charge in [0.15, 0.2) is 0 Å². The van der Waals surface area contributed by atoms with Crippen molar-refractivity contribution >= 4 is 0 Å².